The topological polar surface area (TPSA) is 30.2 Å². The van der Waals surface area contributed by atoms with Crippen LogP contribution in [0, 0.1) is 6.92 Å². The lowest BCUT2D eigenvalue weighted by molar-refractivity contribution is 0.101. The predicted octanol–water partition coefficient (Wildman–Crippen LogP) is 5.28. The van der Waals surface area contributed by atoms with E-state index in [9.17, 15) is 4.79 Å². The molecule has 0 spiro atoms. The van der Waals surface area contributed by atoms with Gasteiger partial charge in [-0.25, -0.2) is 0 Å². The monoisotopic (exact) mass is 304 g/mol. The van der Waals surface area contributed by atoms with Crippen molar-refractivity contribution in [2.75, 3.05) is 0 Å². The van der Waals surface area contributed by atoms with Gasteiger partial charge in [-0.2, -0.15) is 0 Å². The minimum atomic E-state index is -0.183. The highest BCUT2D eigenvalue weighted by Crippen LogP contribution is 2.26. The van der Waals surface area contributed by atoms with Gasteiger partial charge in [0, 0.05) is 21.0 Å². The summed E-state index contributed by atoms with van der Waals surface area (Å²) in [4.78, 5) is 12.5. The molecular weight excluding hydrogens is 295 g/mol. The molecule has 0 N–H and O–H groups in total. The van der Waals surface area contributed by atoms with Gasteiger partial charge in [0.05, 0.1) is 0 Å². The van der Waals surface area contributed by atoms with Crippen molar-refractivity contribution in [2.45, 2.75) is 6.92 Å². The van der Waals surface area contributed by atoms with E-state index in [1.807, 2.05) is 13.0 Å². The van der Waals surface area contributed by atoms with Crippen molar-refractivity contribution in [3.05, 3.63) is 69.4 Å². The van der Waals surface area contributed by atoms with Crippen molar-refractivity contribution in [3.8, 4) is 0 Å². The molecule has 4 heteroatoms. The molecule has 0 aliphatic rings. The molecule has 3 aromatic rings. The molecule has 0 unspecified atom stereocenters. The maximum Gasteiger partial charge on any atom is 0.228 e. The van der Waals surface area contributed by atoms with Crippen LogP contribution in [-0.2, 0) is 0 Å². The Kier molecular flexibility index (Phi) is 3.28. The zero-order valence-electron chi connectivity index (χ0n) is 10.6. The van der Waals surface area contributed by atoms with E-state index in [0.29, 0.717) is 21.2 Å². The van der Waals surface area contributed by atoms with Gasteiger partial charge in [-0.05, 0) is 48.9 Å². The Morgan fingerprint density at radius 3 is 2.50 bits per heavy atom. The van der Waals surface area contributed by atoms with Crippen molar-refractivity contribution in [2.24, 2.45) is 0 Å². The third kappa shape index (κ3) is 2.33. The smallest absolute Gasteiger partial charge is 0.228 e. The van der Waals surface area contributed by atoms with Gasteiger partial charge in [0.2, 0.25) is 5.78 Å². The van der Waals surface area contributed by atoms with Gasteiger partial charge in [0.15, 0.2) is 5.76 Å². The first kappa shape index (κ1) is 13.2. The average molecular weight is 305 g/mol. The van der Waals surface area contributed by atoms with Gasteiger partial charge in [-0.3, -0.25) is 4.79 Å². The fourth-order valence-electron chi connectivity index (χ4n) is 2.10. The summed E-state index contributed by atoms with van der Waals surface area (Å²) in [5.41, 5.74) is 2.04. The Morgan fingerprint density at radius 1 is 1.00 bits per heavy atom. The van der Waals surface area contributed by atoms with Crippen LogP contribution in [0.5, 0.6) is 0 Å². The first-order valence-electron chi connectivity index (χ1n) is 6.04. The molecule has 100 valence electrons. The van der Waals surface area contributed by atoms with E-state index in [-0.39, 0.29) is 11.5 Å². The molecule has 0 atom stereocenters. The van der Waals surface area contributed by atoms with Crippen molar-refractivity contribution < 1.29 is 9.21 Å². The number of carbonyl (C=O) groups excluding carboxylic acids is 1. The average Bonchev–Trinajstić information content (AvgIpc) is 2.83. The van der Waals surface area contributed by atoms with Crippen LogP contribution in [0.2, 0.25) is 10.0 Å². The molecule has 0 amide bonds. The zero-order valence-corrected chi connectivity index (χ0v) is 12.1. The summed E-state index contributed by atoms with van der Waals surface area (Å²) in [6.45, 7) is 1.86. The first-order valence-corrected chi connectivity index (χ1v) is 6.80. The number of rotatable bonds is 2. The van der Waals surface area contributed by atoms with Crippen LogP contribution < -0.4 is 0 Å². The van der Waals surface area contributed by atoms with E-state index >= 15 is 0 Å². The van der Waals surface area contributed by atoms with Crippen LogP contribution in [-0.4, -0.2) is 5.78 Å². The molecule has 1 aromatic heterocycles. The Bertz CT molecular complexity index is 818. The molecule has 0 aliphatic heterocycles. The number of hydrogen-bond acceptors (Lipinski definition) is 2. The fraction of sp³-hybridized carbons (Fsp3) is 0.0625. The second-order valence-corrected chi connectivity index (χ2v) is 5.45. The van der Waals surface area contributed by atoms with Crippen molar-refractivity contribution in [1.29, 1.82) is 0 Å². The summed E-state index contributed by atoms with van der Waals surface area (Å²) in [5.74, 6) is 0.102. The van der Waals surface area contributed by atoms with Gasteiger partial charge < -0.3 is 4.42 Å². The zero-order chi connectivity index (χ0) is 14.3. The summed E-state index contributed by atoms with van der Waals surface area (Å²) < 4.78 is 5.58. The van der Waals surface area contributed by atoms with Crippen LogP contribution in [0.3, 0.4) is 0 Å². The number of carbonyl (C=O) groups is 1. The Balaban J connectivity index is 2.10. The highest BCUT2D eigenvalue weighted by atomic mass is 35.5. The summed E-state index contributed by atoms with van der Waals surface area (Å²) in [6.07, 6.45) is 0. The molecule has 2 nitrogen and oxygen atoms in total. The van der Waals surface area contributed by atoms with E-state index in [1.165, 1.54) is 0 Å². The molecule has 1 heterocycles. The second-order valence-electron chi connectivity index (χ2n) is 4.58. The minimum Gasteiger partial charge on any atom is -0.453 e. The van der Waals surface area contributed by atoms with Crippen molar-refractivity contribution >= 4 is 40.0 Å². The quantitative estimate of drug-likeness (QED) is 0.603. The van der Waals surface area contributed by atoms with E-state index in [2.05, 4.69) is 0 Å². The van der Waals surface area contributed by atoms with Gasteiger partial charge in [-0.1, -0.05) is 29.3 Å². The van der Waals surface area contributed by atoms with Gasteiger partial charge in [0.25, 0.3) is 0 Å². The lowest BCUT2D eigenvalue weighted by Gasteiger charge is -2.03. The normalized spacial score (nSPS) is 10.9. The lowest BCUT2D eigenvalue weighted by Crippen LogP contribution is -2.02. The van der Waals surface area contributed by atoms with Gasteiger partial charge >= 0.3 is 0 Å². The third-order valence-electron chi connectivity index (χ3n) is 3.15. The maximum atomic E-state index is 12.5. The number of benzene rings is 2. The molecule has 3 rings (SSSR count). The third-order valence-corrected chi connectivity index (χ3v) is 3.62. The molecule has 0 saturated carbocycles. The molecule has 2 aromatic carbocycles. The van der Waals surface area contributed by atoms with E-state index in [4.69, 9.17) is 27.6 Å². The molecule has 0 aliphatic carbocycles. The molecule has 20 heavy (non-hydrogen) atoms. The molecule has 0 fully saturated rings. The predicted molar refractivity (Wildman–Crippen MR) is 80.8 cm³/mol. The van der Waals surface area contributed by atoms with Crippen LogP contribution >= 0.6 is 23.2 Å². The summed E-state index contributed by atoms with van der Waals surface area (Å²) in [6, 6.07) is 12.2. The number of fused-ring (bicyclic) bond motifs is 1. The van der Waals surface area contributed by atoms with Crippen LogP contribution in [0.15, 0.2) is 46.9 Å². The van der Waals surface area contributed by atoms with Gasteiger partial charge in [-0.15, -0.1) is 0 Å². The van der Waals surface area contributed by atoms with Gasteiger partial charge in [0.1, 0.15) is 5.58 Å². The molecule has 0 radical (unpaired) electrons. The number of halogens is 2. The maximum absolute atomic E-state index is 12.5. The number of hydrogen-bond donors (Lipinski definition) is 0. The SMILES string of the molecule is Cc1ccc(Cl)cc1C(=O)c1cc2cc(Cl)ccc2o1. The molecule has 0 bridgehead atoms. The van der Waals surface area contributed by atoms with E-state index in [1.54, 1.807) is 36.4 Å². The molecular formula is C16H10Cl2O2. The minimum absolute atomic E-state index is 0.183. The molecule has 0 saturated heterocycles. The van der Waals surface area contributed by atoms with Crippen LogP contribution in [0.25, 0.3) is 11.0 Å². The van der Waals surface area contributed by atoms with Crippen molar-refractivity contribution in [3.63, 3.8) is 0 Å². The fourth-order valence-corrected chi connectivity index (χ4v) is 2.45. The second kappa shape index (κ2) is 4.97. The van der Waals surface area contributed by atoms with Crippen LogP contribution in [0.1, 0.15) is 21.7 Å². The lowest BCUT2D eigenvalue weighted by atomic mass is 10.0. The largest absolute Gasteiger partial charge is 0.453 e. The van der Waals surface area contributed by atoms with E-state index in [0.717, 1.165) is 10.9 Å². The summed E-state index contributed by atoms with van der Waals surface area (Å²) in [7, 11) is 0. The highest BCUT2D eigenvalue weighted by Gasteiger charge is 2.17. The van der Waals surface area contributed by atoms with Crippen molar-refractivity contribution in [1.82, 2.24) is 0 Å². The number of aryl methyl sites for hydroxylation is 1. The Labute approximate surface area is 125 Å². The number of furan rings is 1. The Morgan fingerprint density at radius 2 is 1.70 bits per heavy atom. The van der Waals surface area contributed by atoms with E-state index < -0.39 is 0 Å². The summed E-state index contributed by atoms with van der Waals surface area (Å²) >= 11 is 11.9. The summed E-state index contributed by atoms with van der Waals surface area (Å²) in [5, 5.41) is 1.94. The van der Waals surface area contributed by atoms with Crippen LogP contribution in [0.4, 0.5) is 0 Å². The Hall–Kier alpha value is -1.77. The highest BCUT2D eigenvalue weighted by molar-refractivity contribution is 6.31. The first-order chi connectivity index (χ1) is 9.54. The number of ketones is 1. The standard InChI is InChI=1S/C16H10Cl2O2/c1-9-2-3-12(18)8-13(9)16(19)15-7-10-6-11(17)4-5-14(10)20-15/h2-8H,1H3.